The van der Waals surface area contributed by atoms with Crippen LogP contribution in [0.5, 0.6) is 0 Å². The van der Waals surface area contributed by atoms with Crippen molar-refractivity contribution in [3.05, 3.63) is 57.5 Å². The third kappa shape index (κ3) is 6.95. The molecule has 2 heterocycles. The minimum atomic E-state index is -3.01. The molecule has 0 atom stereocenters. The van der Waals surface area contributed by atoms with E-state index in [1.165, 1.54) is 0 Å². The summed E-state index contributed by atoms with van der Waals surface area (Å²) in [4.78, 5) is 40.3. The number of hydrogen-bond donors (Lipinski definition) is 0. The van der Waals surface area contributed by atoms with Crippen LogP contribution in [0.15, 0.2) is 30.5 Å². The second kappa shape index (κ2) is 12.0. The number of ether oxygens (including phenoxy) is 1. The number of fused-ring (bicyclic) bond motifs is 1. The van der Waals surface area contributed by atoms with Gasteiger partial charge >= 0.3 is 6.09 Å². The van der Waals surface area contributed by atoms with Gasteiger partial charge in [0.25, 0.3) is 6.43 Å². The van der Waals surface area contributed by atoms with Crippen molar-refractivity contribution in [1.29, 1.82) is 0 Å². The van der Waals surface area contributed by atoms with Gasteiger partial charge in [-0.2, -0.15) is 0 Å². The zero-order chi connectivity index (χ0) is 30.1. The van der Waals surface area contributed by atoms with Gasteiger partial charge in [-0.15, -0.1) is 0 Å². The normalized spacial score (nSPS) is 17.7. The van der Waals surface area contributed by atoms with Crippen molar-refractivity contribution in [2.45, 2.75) is 84.0 Å². The second-order valence-corrected chi connectivity index (χ2v) is 11.4. The molecule has 1 saturated carbocycles. The lowest BCUT2D eigenvalue weighted by Crippen LogP contribution is -2.38. The molecule has 0 unspecified atom stereocenters. The van der Waals surface area contributed by atoms with E-state index in [0.29, 0.717) is 54.5 Å². The van der Waals surface area contributed by atoms with E-state index in [0.717, 1.165) is 4.90 Å². The Morgan fingerprint density at radius 2 is 1.90 bits per heavy atom. The highest BCUT2D eigenvalue weighted by molar-refractivity contribution is 6.34. The van der Waals surface area contributed by atoms with Crippen LogP contribution in [0.4, 0.5) is 25.1 Å². The molecule has 0 bridgehead atoms. The van der Waals surface area contributed by atoms with E-state index in [1.54, 1.807) is 58.2 Å². The van der Waals surface area contributed by atoms with E-state index in [2.05, 4.69) is 19.9 Å². The Morgan fingerprint density at radius 1 is 1.22 bits per heavy atom. The molecule has 0 saturated heterocycles. The van der Waals surface area contributed by atoms with Gasteiger partial charge in [0.2, 0.25) is 6.04 Å². The lowest BCUT2D eigenvalue weighted by Gasteiger charge is -2.32. The van der Waals surface area contributed by atoms with E-state index >= 15 is 0 Å². The largest absolute Gasteiger partial charge is 0.443 e. The number of nitrogens with zero attached hydrogens (tertiary/aromatic N) is 6. The lowest BCUT2D eigenvalue weighted by atomic mass is 9.90. The fourth-order valence-electron chi connectivity index (χ4n) is 5.02. The van der Waals surface area contributed by atoms with Crippen molar-refractivity contribution in [2.24, 2.45) is 0 Å². The smallest absolute Gasteiger partial charge is 0.420 e. The number of pyridine rings is 1. The second-order valence-electron chi connectivity index (χ2n) is 11.4. The fourth-order valence-corrected chi connectivity index (χ4v) is 5.02. The first-order valence-electron chi connectivity index (χ1n) is 13.4. The summed E-state index contributed by atoms with van der Waals surface area (Å²) in [6, 6.07) is 6.22. The Kier molecular flexibility index (Phi) is 8.86. The van der Waals surface area contributed by atoms with Gasteiger partial charge < -0.3 is 4.74 Å². The molecule has 13 heteroatoms. The van der Waals surface area contributed by atoms with Crippen LogP contribution in [-0.2, 0) is 11.3 Å². The quantitative estimate of drug-likeness (QED) is 0.219. The molecule has 1 aliphatic carbocycles. The molecule has 0 spiro atoms. The van der Waals surface area contributed by atoms with E-state index < -0.39 is 30.0 Å². The van der Waals surface area contributed by atoms with Gasteiger partial charge in [0.15, 0.2) is 11.6 Å². The summed E-state index contributed by atoms with van der Waals surface area (Å²) in [6.45, 7) is 7.23. The number of anilines is 2. The number of amides is 1. The zero-order valence-electron chi connectivity index (χ0n) is 23.8. The molecule has 41 heavy (non-hydrogen) atoms. The Balaban J connectivity index is 1.76. The van der Waals surface area contributed by atoms with E-state index in [4.69, 9.17) is 12.6 Å². The highest BCUT2D eigenvalue weighted by Crippen LogP contribution is 2.34. The van der Waals surface area contributed by atoms with Crippen LogP contribution in [0.2, 0.25) is 0 Å². The molecule has 3 aromatic rings. The molecular formula is C28H33BF2N6O4. The Labute approximate surface area is 238 Å². The molecule has 1 aliphatic rings. The Bertz CT molecular complexity index is 1440. The zero-order valence-corrected chi connectivity index (χ0v) is 23.8. The fraction of sp³-hybridized carbons (Fsp3) is 0.500. The molecule has 216 valence electrons. The van der Waals surface area contributed by atoms with Gasteiger partial charge in [-0.25, -0.2) is 28.4 Å². The molecule has 10 nitrogen and oxygen atoms in total. The topological polar surface area (TPSA) is 115 Å². The number of rotatable bonds is 7. The highest BCUT2D eigenvalue weighted by atomic mass is 19.3. The number of alkyl halides is 2. The maximum Gasteiger partial charge on any atom is 0.420 e. The highest BCUT2D eigenvalue weighted by Gasteiger charge is 2.32. The van der Waals surface area contributed by atoms with Crippen LogP contribution in [0, 0.1) is 17.0 Å². The van der Waals surface area contributed by atoms with Gasteiger partial charge in [-0.3, -0.25) is 20.0 Å². The Morgan fingerprint density at radius 3 is 2.51 bits per heavy atom. The van der Waals surface area contributed by atoms with E-state index in [9.17, 15) is 23.7 Å². The van der Waals surface area contributed by atoms with Crippen LogP contribution in [-0.4, -0.2) is 63.4 Å². The number of nitro groups is 1. The van der Waals surface area contributed by atoms with Crippen molar-refractivity contribution >= 4 is 41.9 Å². The van der Waals surface area contributed by atoms with Crippen LogP contribution >= 0.6 is 0 Å². The average molecular weight is 566 g/mol. The molecule has 2 radical (unpaired) electrons. The minimum Gasteiger partial charge on any atom is -0.443 e. The first-order chi connectivity index (χ1) is 19.2. The molecular weight excluding hydrogens is 533 g/mol. The summed E-state index contributed by atoms with van der Waals surface area (Å²) in [5, 5.41) is 11.1. The number of halogens is 2. The molecule has 1 fully saturated rings. The molecule has 0 aliphatic heterocycles. The van der Waals surface area contributed by atoms with Crippen molar-refractivity contribution < 1.29 is 23.2 Å². The number of carbonyl (C=O) groups excluding carboxylic acids is 1. The first-order valence-corrected chi connectivity index (χ1v) is 13.4. The maximum atomic E-state index is 14.0. The monoisotopic (exact) mass is 566 g/mol. The van der Waals surface area contributed by atoms with Gasteiger partial charge in [0, 0.05) is 36.5 Å². The number of aromatic nitrogens is 3. The summed E-state index contributed by atoms with van der Waals surface area (Å²) in [7, 11) is 8.04. The minimum absolute atomic E-state index is 0.139. The summed E-state index contributed by atoms with van der Waals surface area (Å²) >= 11 is 0. The number of hydrogen-bond acceptors (Lipinski definition) is 8. The molecule has 1 amide bonds. The molecule has 4 rings (SSSR count). The standard InChI is InChI=1S/C28H33BF2N6O4/c1-16-20(29)7-6-8-22(16)36(27(38)41-28(2,3)4)26-23-21(33-25(34-26)24(30)31)13-17(14-32-23)15-35(5)18-9-11-19(12-10-18)37(39)40/h6-8,13-14,18-19,24H,9-12,15H2,1-5H3. The van der Waals surface area contributed by atoms with Crippen LogP contribution in [0.1, 0.15) is 69.8 Å². The summed E-state index contributed by atoms with van der Waals surface area (Å²) in [5.74, 6) is -0.903. The number of carbonyl (C=O) groups is 1. The van der Waals surface area contributed by atoms with Crippen LogP contribution in [0.25, 0.3) is 11.0 Å². The van der Waals surface area contributed by atoms with Crippen molar-refractivity contribution in [3.8, 4) is 0 Å². The Hall–Kier alpha value is -3.74. The third-order valence-electron chi connectivity index (χ3n) is 7.18. The van der Waals surface area contributed by atoms with Crippen LogP contribution < -0.4 is 10.4 Å². The van der Waals surface area contributed by atoms with Crippen molar-refractivity contribution in [1.82, 2.24) is 19.9 Å². The van der Waals surface area contributed by atoms with Crippen molar-refractivity contribution in [3.63, 3.8) is 0 Å². The van der Waals surface area contributed by atoms with E-state index in [-0.39, 0.29) is 27.8 Å². The van der Waals surface area contributed by atoms with Gasteiger partial charge in [-0.1, -0.05) is 17.6 Å². The van der Waals surface area contributed by atoms with E-state index in [1.807, 2.05) is 7.05 Å². The molecule has 0 N–H and O–H groups in total. The SMILES string of the molecule is [B]c1cccc(N(C(=O)OC(C)(C)C)c2nc(C(F)F)nc3cc(CN(C)C4CCC([N+](=O)[O-])CC4)cnc23)c1C. The molecule has 1 aromatic carbocycles. The maximum absolute atomic E-state index is 14.0. The van der Waals surface area contributed by atoms with Crippen LogP contribution in [0.3, 0.4) is 0 Å². The summed E-state index contributed by atoms with van der Waals surface area (Å²) < 4.78 is 33.7. The first kappa shape index (κ1) is 30.2. The van der Waals surface area contributed by atoms with Gasteiger partial charge in [0.1, 0.15) is 19.0 Å². The lowest BCUT2D eigenvalue weighted by molar-refractivity contribution is -0.526. The molecule has 2 aromatic heterocycles. The third-order valence-corrected chi connectivity index (χ3v) is 7.18. The predicted molar refractivity (Wildman–Crippen MR) is 152 cm³/mol. The summed E-state index contributed by atoms with van der Waals surface area (Å²) in [6.07, 6.45) is 0.152. The predicted octanol–water partition coefficient (Wildman–Crippen LogP) is 5.16. The van der Waals surface area contributed by atoms with Crippen molar-refractivity contribution in [2.75, 3.05) is 11.9 Å². The summed E-state index contributed by atoms with van der Waals surface area (Å²) in [5.41, 5.74) is 1.36. The van der Waals surface area contributed by atoms with Gasteiger partial charge in [-0.05, 0) is 70.8 Å². The number of benzene rings is 1. The average Bonchev–Trinajstić information content (AvgIpc) is 2.89. The van der Waals surface area contributed by atoms with Gasteiger partial charge in [0.05, 0.1) is 11.2 Å².